The molecule has 4 heterocycles. The van der Waals surface area contributed by atoms with Crippen LogP contribution in [0.2, 0.25) is 0 Å². The molecule has 0 aliphatic carbocycles. The summed E-state index contributed by atoms with van der Waals surface area (Å²) in [6, 6.07) is 0.415. The molecule has 1 amide bonds. The number of likely N-dealkylation sites (tertiary alicyclic amines) is 1. The van der Waals surface area contributed by atoms with Crippen molar-refractivity contribution < 1.29 is 14.4 Å². The van der Waals surface area contributed by atoms with Gasteiger partial charge in [0.25, 0.3) is 5.91 Å². The number of rotatable bonds is 3. The molecule has 7 heteroatoms. The van der Waals surface area contributed by atoms with Crippen molar-refractivity contribution in [3.63, 3.8) is 0 Å². The SMILES string of the molecule is Cc1nc(CN2C[C@H](C(=O)N3CCCCO3)C[C@@H]3OCC[C@@H]32)cs1. The second kappa shape index (κ2) is 7.07. The van der Waals surface area contributed by atoms with Gasteiger partial charge >= 0.3 is 0 Å². The average Bonchev–Trinajstić information content (AvgIpc) is 3.24. The molecular weight excluding hydrogens is 326 g/mol. The van der Waals surface area contributed by atoms with E-state index in [1.54, 1.807) is 16.4 Å². The normalized spacial score (nSPS) is 31.2. The van der Waals surface area contributed by atoms with Crippen LogP contribution in [0.15, 0.2) is 5.38 Å². The van der Waals surface area contributed by atoms with Gasteiger partial charge in [0.2, 0.25) is 0 Å². The molecule has 4 rings (SSSR count). The first kappa shape index (κ1) is 16.4. The summed E-state index contributed by atoms with van der Waals surface area (Å²) in [5.74, 6) is 0.0882. The Morgan fingerprint density at radius 3 is 3.08 bits per heavy atom. The smallest absolute Gasteiger partial charge is 0.250 e. The summed E-state index contributed by atoms with van der Waals surface area (Å²) in [5, 5.41) is 4.81. The van der Waals surface area contributed by atoms with Crippen LogP contribution in [0.25, 0.3) is 0 Å². The summed E-state index contributed by atoms with van der Waals surface area (Å²) in [5.41, 5.74) is 1.10. The largest absolute Gasteiger partial charge is 0.377 e. The fraction of sp³-hybridized carbons (Fsp3) is 0.765. The Hall–Kier alpha value is -1.02. The number of aromatic nitrogens is 1. The number of ether oxygens (including phenoxy) is 1. The number of amides is 1. The molecule has 0 bridgehead atoms. The highest BCUT2D eigenvalue weighted by Crippen LogP contribution is 2.33. The Bertz CT molecular complexity index is 587. The van der Waals surface area contributed by atoms with E-state index in [9.17, 15) is 4.79 Å². The fourth-order valence-electron chi connectivity index (χ4n) is 4.08. The van der Waals surface area contributed by atoms with Crippen molar-refractivity contribution in [3.8, 4) is 0 Å². The van der Waals surface area contributed by atoms with E-state index in [0.29, 0.717) is 12.6 Å². The van der Waals surface area contributed by atoms with Crippen LogP contribution in [0.3, 0.4) is 0 Å². The third-order valence-electron chi connectivity index (χ3n) is 5.24. The molecule has 3 saturated heterocycles. The molecule has 0 spiro atoms. The highest BCUT2D eigenvalue weighted by Gasteiger charge is 2.43. The van der Waals surface area contributed by atoms with Gasteiger partial charge in [0.15, 0.2) is 0 Å². The summed E-state index contributed by atoms with van der Waals surface area (Å²) >= 11 is 1.68. The van der Waals surface area contributed by atoms with Crippen molar-refractivity contribution in [3.05, 3.63) is 16.1 Å². The molecular formula is C17H25N3O3S. The molecule has 3 atom stereocenters. The Labute approximate surface area is 146 Å². The molecule has 0 unspecified atom stereocenters. The third kappa shape index (κ3) is 3.35. The minimum absolute atomic E-state index is 0.0396. The first-order chi connectivity index (χ1) is 11.7. The van der Waals surface area contributed by atoms with Crippen molar-refractivity contribution in [2.75, 3.05) is 26.3 Å². The Kier molecular flexibility index (Phi) is 4.85. The van der Waals surface area contributed by atoms with E-state index in [-0.39, 0.29) is 17.9 Å². The third-order valence-corrected chi connectivity index (χ3v) is 6.07. The Morgan fingerprint density at radius 2 is 2.33 bits per heavy atom. The monoisotopic (exact) mass is 351 g/mol. The Morgan fingerprint density at radius 1 is 1.42 bits per heavy atom. The highest BCUT2D eigenvalue weighted by molar-refractivity contribution is 7.09. The summed E-state index contributed by atoms with van der Waals surface area (Å²) in [6.45, 7) is 5.78. The maximum Gasteiger partial charge on any atom is 0.250 e. The second-order valence-corrected chi connectivity index (χ2v) is 8.03. The van der Waals surface area contributed by atoms with Crippen LogP contribution in [0.4, 0.5) is 0 Å². The lowest BCUT2D eigenvalue weighted by Gasteiger charge is -2.41. The van der Waals surface area contributed by atoms with Crippen molar-refractivity contribution in [2.45, 2.75) is 51.3 Å². The summed E-state index contributed by atoms with van der Waals surface area (Å²) in [7, 11) is 0. The molecule has 0 saturated carbocycles. The number of thiazole rings is 1. The molecule has 6 nitrogen and oxygen atoms in total. The van der Waals surface area contributed by atoms with Gasteiger partial charge < -0.3 is 4.74 Å². The zero-order chi connectivity index (χ0) is 16.5. The maximum atomic E-state index is 12.8. The van der Waals surface area contributed by atoms with Gasteiger partial charge in [0.05, 0.1) is 29.3 Å². The van der Waals surface area contributed by atoms with Crippen LogP contribution < -0.4 is 0 Å². The van der Waals surface area contributed by atoms with Crippen molar-refractivity contribution in [1.82, 2.24) is 14.9 Å². The van der Waals surface area contributed by atoms with Gasteiger partial charge in [-0.1, -0.05) is 0 Å². The lowest BCUT2D eigenvalue weighted by atomic mass is 9.89. The first-order valence-corrected chi connectivity index (χ1v) is 9.79. The van der Waals surface area contributed by atoms with Crippen molar-refractivity contribution >= 4 is 17.2 Å². The lowest BCUT2D eigenvalue weighted by molar-refractivity contribution is -0.204. The number of fused-ring (bicyclic) bond motifs is 1. The molecule has 3 aliphatic heterocycles. The van der Waals surface area contributed by atoms with Gasteiger partial charge in [0, 0.05) is 37.7 Å². The summed E-state index contributed by atoms with van der Waals surface area (Å²) in [4.78, 5) is 25.4. The van der Waals surface area contributed by atoms with E-state index in [1.807, 2.05) is 6.92 Å². The van der Waals surface area contributed by atoms with E-state index in [2.05, 4.69) is 15.3 Å². The standard InChI is InChI=1S/C17H25N3O3S/c1-12-18-14(11-24-12)10-19-9-13(8-16-15(19)4-7-22-16)17(21)20-5-2-3-6-23-20/h11,13,15-16H,2-10H2,1H3/t13-,15+,16+/m1/s1. The number of piperidine rings is 1. The van der Waals surface area contributed by atoms with Crippen molar-refractivity contribution in [1.29, 1.82) is 0 Å². The van der Waals surface area contributed by atoms with Gasteiger partial charge in [-0.05, 0) is 32.6 Å². The van der Waals surface area contributed by atoms with E-state index in [0.717, 1.165) is 62.6 Å². The molecule has 3 aliphatic rings. The van der Waals surface area contributed by atoms with Gasteiger partial charge in [-0.2, -0.15) is 0 Å². The maximum absolute atomic E-state index is 12.8. The minimum atomic E-state index is -0.0396. The molecule has 0 aromatic carbocycles. The van der Waals surface area contributed by atoms with Gasteiger partial charge in [0.1, 0.15) is 0 Å². The first-order valence-electron chi connectivity index (χ1n) is 8.91. The number of nitrogens with zero attached hydrogens (tertiary/aromatic N) is 3. The van der Waals surface area contributed by atoms with Crippen LogP contribution in [0.1, 0.15) is 36.4 Å². The van der Waals surface area contributed by atoms with Gasteiger partial charge in [-0.25, -0.2) is 10.0 Å². The zero-order valence-electron chi connectivity index (χ0n) is 14.1. The molecule has 0 N–H and O–H groups in total. The lowest BCUT2D eigenvalue weighted by Crippen LogP contribution is -2.53. The number of hydrogen-bond acceptors (Lipinski definition) is 6. The topological polar surface area (TPSA) is 54.9 Å². The van der Waals surface area contributed by atoms with E-state index < -0.39 is 0 Å². The zero-order valence-corrected chi connectivity index (χ0v) is 15.0. The number of hydroxylamine groups is 2. The van der Waals surface area contributed by atoms with Gasteiger partial charge in [-0.3, -0.25) is 14.5 Å². The molecule has 3 fully saturated rings. The molecule has 132 valence electrons. The predicted molar refractivity (Wildman–Crippen MR) is 90.4 cm³/mol. The predicted octanol–water partition coefficient (Wildman–Crippen LogP) is 1.98. The number of carbonyl (C=O) groups is 1. The number of aryl methyl sites for hydroxylation is 1. The van der Waals surface area contributed by atoms with Crippen LogP contribution in [-0.4, -0.2) is 59.3 Å². The molecule has 24 heavy (non-hydrogen) atoms. The summed E-state index contributed by atoms with van der Waals surface area (Å²) < 4.78 is 5.93. The number of hydrogen-bond donors (Lipinski definition) is 0. The highest BCUT2D eigenvalue weighted by atomic mass is 32.1. The van der Waals surface area contributed by atoms with E-state index in [1.165, 1.54) is 0 Å². The van der Waals surface area contributed by atoms with Crippen LogP contribution in [0.5, 0.6) is 0 Å². The van der Waals surface area contributed by atoms with Crippen molar-refractivity contribution in [2.24, 2.45) is 5.92 Å². The van der Waals surface area contributed by atoms with E-state index >= 15 is 0 Å². The van der Waals surface area contributed by atoms with Gasteiger partial charge in [-0.15, -0.1) is 11.3 Å². The molecule has 1 aromatic heterocycles. The van der Waals surface area contributed by atoms with Crippen LogP contribution >= 0.6 is 11.3 Å². The fourth-order valence-corrected chi connectivity index (χ4v) is 4.68. The Balaban J connectivity index is 1.47. The van der Waals surface area contributed by atoms with E-state index in [4.69, 9.17) is 9.57 Å². The van der Waals surface area contributed by atoms with Crippen LogP contribution in [0, 0.1) is 12.8 Å². The average molecular weight is 351 g/mol. The number of carbonyl (C=O) groups excluding carboxylic acids is 1. The summed E-state index contributed by atoms with van der Waals surface area (Å²) in [6.07, 6.45) is 4.10. The second-order valence-electron chi connectivity index (χ2n) is 6.97. The molecule has 0 radical (unpaired) electrons. The quantitative estimate of drug-likeness (QED) is 0.834. The minimum Gasteiger partial charge on any atom is -0.377 e. The van der Waals surface area contributed by atoms with Crippen LogP contribution in [-0.2, 0) is 20.9 Å². The molecule has 1 aromatic rings.